The molecule has 1 N–H and O–H groups in total. The maximum Gasteiger partial charge on any atom is 0.273 e. The summed E-state index contributed by atoms with van der Waals surface area (Å²) >= 11 is 0. The zero-order chi connectivity index (χ0) is 25.7. The number of carbonyl (C=O) groups is 2. The lowest BCUT2D eigenvalue weighted by atomic mass is 9.85. The first-order valence-electron chi connectivity index (χ1n) is 12.1. The van der Waals surface area contributed by atoms with Crippen molar-refractivity contribution in [2.75, 3.05) is 26.8 Å². The number of carbonyl (C=O) groups excluding carboxylic acids is 2. The number of nitrogens with one attached hydrogen (secondary N) is 1. The number of nitrogens with zero attached hydrogens (tertiary/aromatic N) is 2. The molecule has 0 saturated heterocycles. The molecule has 0 spiro atoms. The molecule has 0 aliphatic carbocycles. The standard InChI is InChI=1S/C28H33N3O5/c1-28(2,3)27(33)31-14-12-19-10-11-21(16-22(19)25(31)20-8-6-5-7-9-20)35-18-24-30-23(17-36-24)26(32)29-13-15-34-4/h5-11,16-17,25H,12-15,18H2,1-4H3,(H,29,32). The predicted octanol–water partition coefficient (Wildman–Crippen LogP) is 4.15. The van der Waals surface area contributed by atoms with E-state index in [2.05, 4.69) is 28.5 Å². The van der Waals surface area contributed by atoms with Gasteiger partial charge < -0.3 is 24.1 Å². The van der Waals surface area contributed by atoms with Gasteiger partial charge in [0, 0.05) is 25.6 Å². The Hall–Kier alpha value is -3.65. The normalized spacial score (nSPS) is 15.3. The lowest BCUT2D eigenvalue weighted by molar-refractivity contribution is -0.141. The molecule has 1 aromatic heterocycles. The minimum Gasteiger partial charge on any atom is -0.484 e. The molecule has 0 fully saturated rings. The molecule has 0 saturated carbocycles. The van der Waals surface area contributed by atoms with Gasteiger partial charge in [0.15, 0.2) is 12.3 Å². The fourth-order valence-corrected chi connectivity index (χ4v) is 4.31. The summed E-state index contributed by atoms with van der Waals surface area (Å²) in [6.45, 7) is 7.40. The minimum absolute atomic E-state index is 0.0742. The van der Waals surface area contributed by atoms with Crippen molar-refractivity contribution < 1.29 is 23.5 Å². The summed E-state index contributed by atoms with van der Waals surface area (Å²) in [6.07, 6.45) is 2.09. The van der Waals surface area contributed by atoms with E-state index in [4.69, 9.17) is 13.9 Å². The summed E-state index contributed by atoms with van der Waals surface area (Å²) in [5.41, 5.74) is 3.01. The highest BCUT2D eigenvalue weighted by Gasteiger charge is 2.37. The fourth-order valence-electron chi connectivity index (χ4n) is 4.31. The molecule has 8 heteroatoms. The molecule has 1 atom stereocenters. The van der Waals surface area contributed by atoms with Crippen molar-refractivity contribution in [1.82, 2.24) is 15.2 Å². The lowest BCUT2D eigenvalue weighted by Crippen LogP contribution is -2.45. The molecule has 1 aliphatic heterocycles. The molecule has 1 unspecified atom stereocenters. The van der Waals surface area contributed by atoms with Crippen LogP contribution in [0.5, 0.6) is 5.75 Å². The molecule has 190 valence electrons. The second kappa shape index (κ2) is 11.0. The largest absolute Gasteiger partial charge is 0.484 e. The van der Waals surface area contributed by atoms with Gasteiger partial charge >= 0.3 is 0 Å². The van der Waals surface area contributed by atoms with Crippen LogP contribution < -0.4 is 10.1 Å². The summed E-state index contributed by atoms with van der Waals surface area (Å²) in [5.74, 6) is 0.729. The Bertz CT molecular complexity index is 1200. The summed E-state index contributed by atoms with van der Waals surface area (Å²) in [5, 5.41) is 2.71. The summed E-state index contributed by atoms with van der Waals surface area (Å²) < 4.78 is 16.3. The number of benzene rings is 2. The van der Waals surface area contributed by atoms with Gasteiger partial charge in [-0.25, -0.2) is 4.98 Å². The molecule has 0 bridgehead atoms. The first-order chi connectivity index (χ1) is 17.3. The van der Waals surface area contributed by atoms with Crippen LogP contribution in [-0.4, -0.2) is 48.5 Å². The number of hydrogen-bond acceptors (Lipinski definition) is 6. The minimum atomic E-state index is -0.489. The zero-order valence-corrected chi connectivity index (χ0v) is 21.2. The Kier molecular flexibility index (Phi) is 7.74. The molecule has 2 amide bonds. The maximum absolute atomic E-state index is 13.4. The first-order valence-corrected chi connectivity index (χ1v) is 12.1. The van der Waals surface area contributed by atoms with E-state index >= 15 is 0 Å². The van der Waals surface area contributed by atoms with Gasteiger partial charge in [-0.05, 0) is 35.2 Å². The molecule has 1 aliphatic rings. The van der Waals surface area contributed by atoms with Crippen molar-refractivity contribution in [3.8, 4) is 5.75 Å². The average molecular weight is 492 g/mol. The van der Waals surface area contributed by atoms with Crippen molar-refractivity contribution in [2.24, 2.45) is 5.41 Å². The topological polar surface area (TPSA) is 93.9 Å². The van der Waals surface area contributed by atoms with E-state index in [1.165, 1.54) is 11.8 Å². The third kappa shape index (κ3) is 5.76. The molecule has 4 rings (SSSR count). The molecule has 36 heavy (non-hydrogen) atoms. The third-order valence-corrected chi connectivity index (χ3v) is 6.10. The van der Waals surface area contributed by atoms with Crippen molar-refractivity contribution in [3.05, 3.63) is 83.1 Å². The number of aromatic nitrogens is 1. The maximum atomic E-state index is 13.4. The van der Waals surface area contributed by atoms with E-state index in [1.54, 1.807) is 7.11 Å². The van der Waals surface area contributed by atoms with Crippen LogP contribution in [0.3, 0.4) is 0 Å². The second-order valence-corrected chi connectivity index (χ2v) is 9.84. The van der Waals surface area contributed by atoms with Crippen molar-refractivity contribution in [2.45, 2.75) is 39.8 Å². The third-order valence-electron chi connectivity index (χ3n) is 6.10. The Morgan fingerprint density at radius 1 is 1.17 bits per heavy atom. The highest BCUT2D eigenvalue weighted by Crippen LogP contribution is 2.39. The van der Waals surface area contributed by atoms with E-state index in [1.807, 2.05) is 56.0 Å². The van der Waals surface area contributed by atoms with Gasteiger partial charge in [-0.3, -0.25) is 9.59 Å². The fraction of sp³-hybridized carbons (Fsp3) is 0.393. The number of ether oxygens (including phenoxy) is 2. The number of rotatable bonds is 8. The highest BCUT2D eigenvalue weighted by molar-refractivity contribution is 5.91. The predicted molar refractivity (Wildman–Crippen MR) is 135 cm³/mol. The molecule has 3 aromatic rings. The molecule has 2 aromatic carbocycles. The van der Waals surface area contributed by atoms with Crippen LogP contribution in [0, 0.1) is 5.41 Å². The monoisotopic (exact) mass is 491 g/mol. The second-order valence-electron chi connectivity index (χ2n) is 9.84. The van der Waals surface area contributed by atoms with Gasteiger partial charge in [-0.2, -0.15) is 0 Å². The molecular formula is C28H33N3O5. The summed E-state index contributed by atoms with van der Waals surface area (Å²) in [7, 11) is 1.57. The molecule has 2 heterocycles. The number of fused-ring (bicyclic) bond motifs is 1. The number of hydrogen-bond donors (Lipinski definition) is 1. The van der Waals surface area contributed by atoms with Crippen LogP contribution >= 0.6 is 0 Å². The molecular weight excluding hydrogens is 458 g/mol. The quantitative estimate of drug-likeness (QED) is 0.476. The van der Waals surface area contributed by atoms with E-state index in [-0.39, 0.29) is 30.2 Å². The van der Waals surface area contributed by atoms with Gasteiger partial charge in [0.2, 0.25) is 11.8 Å². The highest BCUT2D eigenvalue weighted by atomic mass is 16.5. The number of methoxy groups -OCH3 is 1. The van der Waals surface area contributed by atoms with Crippen LogP contribution in [0.15, 0.2) is 59.2 Å². The van der Waals surface area contributed by atoms with Crippen LogP contribution in [0.4, 0.5) is 0 Å². The molecule has 0 radical (unpaired) electrons. The van der Waals surface area contributed by atoms with E-state index < -0.39 is 5.41 Å². The Morgan fingerprint density at radius 2 is 1.94 bits per heavy atom. The van der Waals surface area contributed by atoms with Crippen molar-refractivity contribution in [1.29, 1.82) is 0 Å². The van der Waals surface area contributed by atoms with Crippen LogP contribution in [0.1, 0.15) is 59.9 Å². The SMILES string of the molecule is COCCNC(=O)c1coc(COc2ccc3c(c2)C(c2ccccc2)N(C(=O)C(C)(C)C)CC3)n1. The Labute approximate surface area is 211 Å². The van der Waals surface area contributed by atoms with Crippen LogP contribution in [-0.2, 0) is 22.6 Å². The van der Waals surface area contributed by atoms with Gasteiger partial charge in [0.05, 0.1) is 12.6 Å². The van der Waals surface area contributed by atoms with Gasteiger partial charge in [0.25, 0.3) is 5.91 Å². The van der Waals surface area contributed by atoms with Crippen molar-refractivity contribution in [3.63, 3.8) is 0 Å². The van der Waals surface area contributed by atoms with Crippen LogP contribution in [0.2, 0.25) is 0 Å². The smallest absolute Gasteiger partial charge is 0.273 e. The van der Waals surface area contributed by atoms with E-state index in [0.29, 0.717) is 31.3 Å². The number of oxazole rings is 1. The molecule has 8 nitrogen and oxygen atoms in total. The van der Waals surface area contributed by atoms with Gasteiger partial charge in [0.1, 0.15) is 12.0 Å². The van der Waals surface area contributed by atoms with E-state index in [9.17, 15) is 9.59 Å². The summed E-state index contributed by atoms with van der Waals surface area (Å²) in [6, 6.07) is 15.9. The lowest BCUT2D eigenvalue weighted by Gasteiger charge is -2.41. The van der Waals surface area contributed by atoms with Crippen molar-refractivity contribution >= 4 is 11.8 Å². The van der Waals surface area contributed by atoms with Crippen LogP contribution in [0.25, 0.3) is 0 Å². The Morgan fingerprint density at radius 3 is 2.67 bits per heavy atom. The first kappa shape index (κ1) is 25.4. The van der Waals surface area contributed by atoms with Gasteiger partial charge in [-0.1, -0.05) is 57.2 Å². The average Bonchev–Trinajstić information content (AvgIpc) is 3.35. The summed E-state index contributed by atoms with van der Waals surface area (Å²) in [4.78, 5) is 31.7. The van der Waals surface area contributed by atoms with Gasteiger partial charge in [-0.15, -0.1) is 0 Å². The van der Waals surface area contributed by atoms with E-state index in [0.717, 1.165) is 17.5 Å². The number of amides is 2. The Balaban J connectivity index is 1.54. The zero-order valence-electron chi connectivity index (χ0n) is 21.2.